The molecular formula is C12H24FN3O4. The van der Waals surface area contributed by atoms with E-state index in [0.29, 0.717) is 6.42 Å². The van der Waals surface area contributed by atoms with E-state index in [2.05, 4.69) is 5.32 Å². The van der Waals surface area contributed by atoms with Crippen molar-refractivity contribution in [3.05, 3.63) is 0 Å². The Hall–Kier alpha value is -0.800. The minimum atomic E-state index is -1.86. The Kier molecular flexibility index (Phi) is 6.28. The molecule has 0 aromatic carbocycles. The Morgan fingerprint density at radius 3 is 2.70 bits per heavy atom. The first-order valence-corrected chi connectivity index (χ1v) is 6.62. The maximum atomic E-state index is 13.2. The predicted molar refractivity (Wildman–Crippen MR) is 70.4 cm³/mol. The lowest BCUT2D eigenvalue weighted by molar-refractivity contribution is -0.137. The van der Waals surface area contributed by atoms with E-state index in [0.717, 1.165) is 0 Å². The van der Waals surface area contributed by atoms with Crippen LogP contribution >= 0.6 is 0 Å². The number of aliphatic hydroxyl groups excluding tert-OH is 2. The van der Waals surface area contributed by atoms with E-state index in [1.54, 1.807) is 0 Å². The van der Waals surface area contributed by atoms with Gasteiger partial charge in [-0.1, -0.05) is 6.92 Å². The third-order valence-electron chi connectivity index (χ3n) is 3.90. The molecule has 7 nitrogen and oxygen atoms in total. The second-order valence-corrected chi connectivity index (χ2v) is 5.26. The number of rotatable bonds is 5. The summed E-state index contributed by atoms with van der Waals surface area (Å²) < 4.78 is 18.4. The summed E-state index contributed by atoms with van der Waals surface area (Å²) in [5.41, 5.74) is 11.0. The molecule has 0 heterocycles. The summed E-state index contributed by atoms with van der Waals surface area (Å²) in [6.07, 6.45) is -4.88. The van der Waals surface area contributed by atoms with Crippen molar-refractivity contribution >= 4 is 5.91 Å². The number of nitrogens with two attached hydrogens (primary N) is 2. The molecule has 0 radical (unpaired) electrons. The highest BCUT2D eigenvalue weighted by atomic mass is 19.1. The molecule has 0 aromatic rings. The van der Waals surface area contributed by atoms with Crippen molar-refractivity contribution < 1.29 is 24.1 Å². The average Bonchev–Trinajstić information content (AvgIpc) is 2.43. The molecule has 0 aliphatic heterocycles. The fourth-order valence-corrected chi connectivity index (χ4v) is 2.49. The monoisotopic (exact) mass is 293 g/mol. The second kappa shape index (κ2) is 7.28. The first kappa shape index (κ1) is 17.3. The third-order valence-corrected chi connectivity index (χ3v) is 3.90. The van der Waals surface area contributed by atoms with Crippen LogP contribution < -0.4 is 16.8 Å². The predicted octanol–water partition coefficient (Wildman–Crippen LogP) is -2.13. The van der Waals surface area contributed by atoms with Crippen molar-refractivity contribution in [2.75, 3.05) is 13.7 Å². The second-order valence-electron chi connectivity index (χ2n) is 5.26. The zero-order valence-corrected chi connectivity index (χ0v) is 11.7. The van der Waals surface area contributed by atoms with Crippen molar-refractivity contribution in [1.29, 1.82) is 0 Å². The van der Waals surface area contributed by atoms with Crippen molar-refractivity contribution in [2.45, 2.75) is 49.9 Å². The first-order valence-electron chi connectivity index (χ1n) is 6.62. The first-order chi connectivity index (χ1) is 9.33. The summed E-state index contributed by atoms with van der Waals surface area (Å²) in [6, 6.07) is -0.972. The Morgan fingerprint density at radius 1 is 1.60 bits per heavy atom. The van der Waals surface area contributed by atoms with Crippen LogP contribution in [-0.2, 0) is 9.53 Å². The fourth-order valence-electron chi connectivity index (χ4n) is 2.49. The van der Waals surface area contributed by atoms with E-state index < -0.39 is 43.0 Å². The van der Waals surface area contributed by atoms with Crippen LogP contribution in [-0.4, -0.2) is 66.3 Å². The zero-order chi connectivity index (χ0) is 15.4. The van der Waals surface area contributed by atoms with Crippen LogP contribution in [0.15, 0.2) is 0 Å². The molecular weight excluding hydrogens is 269 g/mol. The molecule has 20 heavy (non-hydrogen) atoms. The molecule has 0 unspecified atom stereocenters. The molecule has 0 spiro atoms. The van der Waals surface area contributed by atoms with Gasteiger partial charge < -0.3 is 31.7 Å². The van der Waals surface area contributed by atoms with Gasteiger partial charge in [0.1, 0.15) is 12.3 Å². The summed E-state index contributed by atoms with van der Waals surface area (Å²) in [4.78, 5) is 11.7. The van der Waals surface area contributed by atoms with Gasteiger partial charge in [-0.2, -0.15) is 0 Å². The summed E-state index contributed by atoms with van der Waals surface area (Å²) in [5, 5.41) is 22.0. The number of carbonyl (C=O) groups excluding carboxylic acids is 1. The summed E-state index contributed by atoms with van der Waals surface area (Å²) in [5.74, 6) is -0.991. The van der Waals surface area contributed by atoms with Gasteiger partial charge in [0, 0.05) is 25.6 Å². The van der Waals surface area contributed by atoms with Crippen molar-refractivity contribution in [2.24, 2.45) is 17.4 Å². The lowest BCUT2D eigenvalue weighted by Crippen LogP contribution is -2.61. The van der Waals surface area contributed by atoms with Gasteiger partial charge in [-0.05, 0) is 6.42 Å². The molecule has 0 bridgehead atoms. The van der Waals surface area contributed by atoms with E-state index in [4.69, 9.17) is 16.2 Å². The SMILES string of the molecule is CO[C@H]1[C@H](C)[C@@H](N)C[C@@H](NC(=O)[C@@H](O)[C@H](F)CN)[C@@H]1O. The molecule has 1 rings (SSSR count). The Labute approximate surface area is 117 Å². The normalized spacial score (nSPS) is 37.2. The lowest BCUT2D eigenvalue weighted by atomic mass is 9.79. The van der Waals surface area contributed by atoms with Crippen LogP contribution in [0.4, 0.5) is 4.39 Å². The number of nitrogens with one attached hydrogen (secondary N) is 1. The van der Waals surface area contributed by atoms with E-state index >= 15 is 0 Å². The molecule has 7 atom stereocenters. The molecule has 1 amide bonds. The van der Waals surface area contributed by atoms with E-state index in [9.17, 15) is 19.4 Å². The van der Waals surface area contributed by atoms with E-state index in [-0.39, 0.29) is 12.0 Å². The van der Waals surface area contributed by atoms with Crippen molar-refractivity contribution in [3.8, 4) is 0 Å². The van der Waals surface area contributed by atoms with E-state index in [1.165, 1.54) is 7.11 Å². The number of amides is 1. The van der Waals surface area contributed by atoms with Crippen molar-refractivity contribution in [3.63, 3.8) is 0 Å². The number of halogens is 1. The van der Waals surface area contributed by atoms with Crippen LogP contribution in [0.2, 0.25) is 0 Å². The van der Waals surface area contributed by atoms with Crippen LogP contribution in [0.3, 0.4) is 0 Å². The van der Waals surface area contributed by atoms with Crippen LogP contribution in [0.25, 0.3) is 0 Å². The minimum absolute atomic E-state index is 0.0777. The number of carbonyl (C=O) groups is 1. The van der Waals surface area contributed by atoms with Gasteiger partial charge in [0.2, 0.25) is 0 Å². The summed E-state index contributed by atoms with van der Waals surface area (Å²) in [6.45, 7) is 1.39. The largest absolute Gasteiger partial charge is 0.388 e. The third kappa shape index (κ3) is 3.64. The number of methoxy groups -OCH3 is 1. The molecule has 0 aromatic heterocycles. The van der Waals surface area contributed by atoms with Gasteiger partial charge in [-0.25, -0.2) is 4.39 Å². The topological polar surface area (TPSA) is 131 Å². The maximum Gasteiger partial charge on any atom is 0.252 e. The number of ether oxygens (including phenoxy) is 1. The Morgan fingerprint density at radius 2 is 2.20 bits per heavy atom. The van der Waals surface area contributed by atoms with Crippen molar-refractivity contribution in [1.82, 2.24) is 5.32 Å². The maximum absolute atomic E-state index is 13.2. The minimum Gasteiger partial charge on any atom is -0.388 e. The number of hydrogen-bond acceptors (Lipinski definition) is 6. The van der Waals surface area contributed by atoms with Crippen LogP contribution in [0.1, 0.15) is 13.3 Å². The smallest absolute Gasteiger partial charge is 0.252 e. The number of alkyl halides is 1. The van der Waals surface area contributed by atoms with Gasteiger partial charge in [0.15, 0.2) is 6.10 Å². The summed E-state index contributed by atoms with van der Waals surface area (Å²) >= 11 is 0. The molecule has 8 heteroatoms. The molecule has 1 aliphatic carbocycles. The highest BCUT2D eigenvalue weighted by Gasteiger charge is 2.42. The quantitative estimate of drug-likeness (QED) is 0.393. The van der Waals surface area contributed by atoms with Gasteiger partial charge in [-0.3, -0.25) is 4.79 Å². The highest BCUT2D eigenvalue weighted by molar-refractivity contribution is 5.81. The van der Waals surface area contributed by atoms with Gasteiger partial charge in [0.05, 0.1) is 12.1 Å². The average molecular weight is 293 g/mol. The van der Waals surface area contributed by atoms with Crippen LogP contribution in [0.5, 0.6) is 0 Å². The zero-order valence-electron chi connectivity index (χ0n) is 11.7. The fraction of sp³-hybridized carbons (Fsp3) is 0.917. The molecule has 1 aliphatic rings. The van der Waals surface area contributed by atoms with Crippen LogP contribution in [0, 0.1) is 5.92 Å². The highest BCUT2D eigenvalue weighted by Crippen LogP contribution is 2.26. The number of aliphatic hydroxyl groups is 2. The molecule has 1 fully saturated rings. The number of hydrogen-bond donors (Lipinski definition) is 5. The van der Waals surface area contributed by atoms with Gasteiger partial charge >= 0.3 is 0 Å². The molecule has 0 saturated heterocycles. The molecule has 118 valence electrons. The van der Waals surface area contributed by atoms with Gasteiger partial charge in [-0.15, -0.1) is 0 Å². The van der Waals surface area contributed by atoms with Gasteiger partial charge in [0.25, 0.3) is 5.91 Å². The Balaban J connectivity index is 2.69. The van der Waals surface area contributed by atoms with E-state index in [1.807, 2.05) is 6.92 Å². The summed E-state index contributed by atoms with van der Waals surface area (Å²) in [7, 11) is 1.45. The molecule has 1 saturated carbocycles. The molecule has 7 N–H and O–H groups in total. The Bertz CT molecular complexity index is 334. The lowest BCUT2D eigenvalue weighted by Gasteiger charge is -2.42. The standard InChI is InChI=1S/C12H24FN3O4/c1-5-7(15)3-8(10(18)11(5)20-2)16-12(19)9(17)6(13)4-14/h5-11,17-18H,3-4,14-15H2,1-2H3,(H,16,19)/t5-,6-,7+,8-,9+,10+,11+/m1/s1.